The van der Waals surface area contributed by atoms with Crippen molar-refractivity contribution in [1.82, 2.24) is 10.2 Å². The van der Waals surface area contributed by atoms with Crippen LogP contribution in [0, 0.1) is 19.7 Å². The monoisotopic (exact) mass is 304 g/mol. The average Bonchev–Trinajstić information content (AvgIpc) is 3.04. The van der Waals surface area contributed by atoms with E-state index in [1.807, 2.05) is 0 Å². The first-order chi connectivity index (χ1) is 10.5. The fourth-order valence-corrected chi connectivity index (χ4v) is 2.13. The molecule has 0 fully saturated rings. The van der Waals surface area contributed by atoms with E-state index >= 15 is 0 Å². The van der Waals surface area contributed by atoms with Crippen molar-refractivity contribution < 1.29 is 22.8 Å². The first-order valence-electron chi connectivity index (χ1n) is 6.65. The third-order valence-electron chi connectivity index (χ3n) is 3.26. The minimum absolute atomic E-state index is 0.0312. The number of hydrogen-bond acceptors (Lipinski definition) is 6. The van der Waals surface area contributed by atoms with Crippen LogP contribution in [0.25, 0.3) is 11.0 Å². The molecule has 22 heavy (non-hydrogen) atoms. The second-order valence-electron chi connectivity index (χ2n) is 4.90. The molecule has 1 aromatic carbocycles. The van der Waals surface area contributed by atoms with E-state index in [0.717, 1.165) is 0 Å². The Hall–Kier alpha value is -2.70. The van der Waals surface area contributed by atoms with E-state index < -0.39 is 17.9 Å². The van der Waals surface area contributed by atoms with Crippen molar-refractivity contribution in [3.63, 3.8) is 0 Å². The third kappa shape index (κ3) is 2.45. The normalized spacial score (nSPS) is 12.5. The highest BCUT2D eigenvalue weighted by Crippen LogP contribution is 2.28. The number of halogens is 1. The summed E-state index contributed by atoms with van der Waals surface area (Å²) >= 11 is 0. The molecule has 114 valence electrons. The summed E-state index contributed by atoms with van der Waals surface area (Å²) in [7, 11) is 0. The Morgan fingerprint density at radius 1 is 1.27 bits per heavy atom. The summed E-state index contributed by atoms with van der Waals surface area (Å²) in [5, 5.41) is 8.01. The topological polar surface area (TPSA) is 78.4 Å². The van der Waals surface area contributed by atoms with Crippen LogP contribution in [0.4, 0.5) is 4.39 Å². The largest absolute Gasteiger partial charge is 0.449 e. The van der Waals surface area contributed by atoms with Gasteiger partial charge in [-0.15, -0.1) is 10.2 Å². The molecule has 0 saturated carbocycles. The van der Waals surface area contributed by atoms with E-state index in [9.17, 15) is 9.18 Å². The fraction of sp³-hybridized carbons (Fsp3) is 0.267. The molecule has 0 spiro atoms. The van der Waals surface area contributed by atoms with Crippen LogP contribution in [0.15, 0.2) is 27.0 Å². The quantitative estimate of drug-likeness (QED) is 0.689. The highest BCUT2D eigenvalue weighted by atomic mass is 19.1. The molecule has 0 unspecified atom stereocenters. The van der Waals surface area contributed by atoms with Crippen LogP contribution in [0.2, 0.25) is 0 Å². The van der Waals surface area contributed by atoms with Crippen LogP contribution in [-0.2, 0) is 4.74 Å². The van der Waals surface area contributed by atoms with Crippen LogP contribution in [0.5, 0.6) is 0 Å². The summed E-state index contributed by atoms with van der Waals surface area (Å²) in [5.41, 5.74) is 0.945. The summed E-state index contributed by atoms with van der Waals surface area (Å²) in [6.45, 7) is 4.93. The van der Waals surface area contributed by atoms with Gasteiger partial charge in [-0.05, 0) is 32.0 Å². The van der Waals surface area contributed by atoms with Crippen LogP contribution in [0.3, 0.4) is 0 Å². The molecule has 0 aliphatic rings. The van der Waals surface area contributed by atoms with Crippen LogP contribution >= 0.6 is 0 Å². The molecule has 7 heteroatoms. The van der Waals surface area contributed by atoms with Gasteiger partial charge in [0.2, 0.25) is 11.7 Å². The maximum absolute atomic E-state index is 13.3. The second-order valence-corrected chi connectivity index (χ2v) is 4.90. The third-order valence-corrected chi connectivity index (χ3v) is 3.26. The number of aromatic nitrogens is 2. The number of aryl methyl sites for hydroxylation is 2. The summed E-state index contributed by atoms with van der Waals surface area (Å²) in [5.74, 6) is -0.453. The molecule has 2 aromatic heterocycles. The van der Waals surface area contributed by atoms with Crippen LogP contribution in [-0.4, -0.2) is 16.2 Å². The lowest BCUT2D eigenvalue weighted by molar-refractivity contribution is 0.0243. The van der Waals surface area contributed by atoms with E-state index in [4.69, 9.17) is 13.6 Å². The number of fused-ring (bicyclic) bond motifs is 1. The Morgan fingerprint density at radius 2 is 2.05 bits per heavy atom. The van der Waals surface area contributed by atoms with E-state index in [2.05, 4.69) is 10.2 Å². The van der Waals surface area contributed by atoms with Gasteiger partial charge in [-0.25, -0.2) is 9.18 Å². The molecular weight excluding hydrogens is 291 g/mol. The zero-order valence-electron chi connectivity index (χ0n) is 12.2. The lowest BCUT2D eigenvalue weighted by Crippen LogP contribution is -2.09. The lowest BCUT2D eigenvalue weighted by atomic mass is 10.1. The Kier molecular flexibility index (Phi) is 3.40. The van der Waals surface area contributed by atoms with Gasteiger partial charge in [0.1, 0.15) is 11.4 Å². The van der Waals surface area contributed by atoms with Gasteiger partial charge in [0.05, 0.1) is 0 Å². The number of benzene rings is 1. The Bertz CT molecular complexity index is 852. The molecule has 0 saturated heterocycles. The van der Waals surface area contributed by atoms with Crippen molar-refractivity contribution in [2.75, 3.05) is 0 Å². The number of rotatable bonds is 3. The van der Waals surface area contributed by atoms with Crippen molar-refractivity contribution in [3.05, 3.63) is 47.1 Å². The number of carbonyl (C=O) groups is 1. The van der Waals surface area contributed by atoms with Gasteiger partial charge in [-0.2, -0.15) is 0 Å². The summed E-state index contributed by atoms with van der Waals surface area (Å²) in [6, 6.07) is 4.05. The van der Waals surface area contributed by atoms with Crippen molar-refractivity contribution >= 4 is 16.9 Å². The molecule has 0 bridgehead atoms. The zero-order chi connectivity index (χ0) is 15.9. The number of nitrogens with zero attached hydrogens (tertiary/aromatic N) is 2. The summed E-state index contributed by atoms with van der Waals surface area (Å²) in [4.78, 5) is 12.2. The highest BCUT2D eigenvalue weighted by molar-refractivity contribution is 5.95. The van der Waals surface area contributed by atoms with Gasteiger partial charge >= 0.3 is 5.97 Å². The van der Waals surface area contributed by atoms with Crippen molar-refractivity contribution in [2.45, 2.75) is 26.9 Å². The Labute approximate surface area is 124 Å². The smallest absolute Gasteiger partial charge is 0.375 e. The van der Waals surface area contributed by atoms with E-state index in [-0.39, 0.29) is 11.7 Å². The standard InChI is InChI=1S/C15H13FN2O4/c1-7-11-6-10(16)4-5-12(11)22-13(7)15(19)20-8(2)14-18-17-9(3)21-14/h4-6,8H,1-3H3/t8-/m1/s1. The van der Waals surface area contributed by atoms with Gasteiger partial charge in [-0.3, -0.25) is 0 Å². The van der Waals surface area contributed by atoms with Gasteiger partial charge in [-0.1, -0.05) is 0 Å². The highest BCUT2D eigenvalue weighted by Gasteiger charge is 2.24. The van der Waals surface area contributed by atoms with Crippen LogP contribution < -0.4 is 0 Å². The lowest BCUT2D eigenvalue weighted by Gasteiger charge is -2.07. The maximum atomic E-state index is 13.3. The van der Waals surface area contributed by atoms with E-state index in [1.54, 1.807) is 20.8 Å². The summed E-state index contributed by atoms with van der Waals surface area (Å²) in [6.07, 6.45) is -0.710. The van der Waals surface area contributed by atoms with Gasteiger partial charge in [0, 0.05) is 17.9 Å². The van der Waals surface area contributed by atoms with Gasteiger partial charge in [0.15, 0.2) is 6.10 Å². The molecule has 0 amide bonds. The predicted octanol–water partition coefficient (Wildman–Crippen LogP) is 3.49. The van der Waals surface area contributed by atoms with E-state index in [1.165, 1.54) is 18.2 Å². The van der Waals surface area contributed by atoms with E-state index in [0.29, 0.717) is 22.4 Å². The average molecular weight is 304 g/mol. The minimum atomic E-state index is -0.710. The maximum Gasteiger partial charge on any atom is 0.375 e. The molecular formula is C15H13FN2O4. The van der Waals surface area contributed by atoms with Crippen LogP contribution in [0.1, 0.15) is 40.9 Å². The predicted molar refractivity (Wildman–Crippen MR) is 73.8 cm³/mol. The number of furan rings is 1. The fourth-order valence-electron chi connectivity index (χ4n) is 2.13. The molecule has 1 atom stereocenters. The van der Waals surface area contributed by atoms with Gasteiger partial charge in [0.25, 0.3) is 5.89 Å². The van der Waals surface area contributed by atoms with Crippen molar-refractivity contribution in [1.29, 1.82) is 0 Å². The second kappa shape index (κ2) is 5.25. The molecule has 0 aliphatic heterocycles. The molecule has 2 heterocycles. The van der Waals surface area contributed by atoms with Gasteiger partial charge < -0.3 is 13.6 Å². The molecule has 0 radical (unpaired) electrons. The summed E-state index contributed by atoms with van der Waals surface area (Å²) < 4.78 is 29.2. The molecule has 0 N–H and O–H groups in total. The minimum Gasteiger partial charge on any atom is -0.449 e. The molecule has 3 rings (SSSR count). The Balaban J connectivity index is 1.87. The SMILES string of the molecule is Cc1nnc([C@@H](C)OC(=O)c2oc3ccc(F)cc3c2C)o1. The Morgan fingerprint density at radius 3 is 2.73 bits per heavy atom. The first-order valence-corrected chi connectivity index (χ1v) is 6.65. The molecule has 6 nitrogen and oxygen atoms in total. The first kappa shape index (κ1) is 14.2. The molecule has 0 aliphatic carbocycles. The number of carbonyl (C=O) groups excluding carboxylic acids is 1. The number of hydrogen-bond donors (Lipinski definition) is 0. The number of ether oxygens (including phenoxy) is 1. The number of esters is 1. The van der Waals surface area contributed by atoms with Crippen molar-refractivity contribution in [2.24, 2.45) is 0 Å². The zero-order valence-corrected chi connectivity index (χ0v) is 12.2. The van der Waals surface area contributed by atoms with Crippen molar-refractivity contribution in [3.8, 4) is 0 Å². The molecule has 3 aromatic rings.